The fraction of sp³-hybridized carbons (Fsp3) is 0. The fourth-order valence-corrected chi connectivity index (χ4v) is 10.1. The molecule has 0 amide bonds. The van der Waals surface area contributed by atoms with Crippen molar-refractivity contribution >= 4 is 66.1 Å². The van der Waals surface area contributed by atoms with Crippen LogP contribution in [0, 0.1) is 0 Å². The molecule has 0 aliphatic heterocycles. The normalized spacial score (nSPS) is 11.7. The van der Waals surface area contributed by atoms with Crippen LogP contribution in [0.1, 0.15) is 0 Å². The maximum atomic E-state index is 5.07. The third-order valence-electron chi connectivity index (χ3n) is 9.53. The van der Waals surface area contributed by atoms with Gasteiger partial charge in [-0.1, -0.05) is 12.1 Å². The summed E-state index contributed by atoms with van der Waals surface area (Å²) in [6.45, 7) is 0. The van der Waals surface area contributed by atoms with Crippen molar-refractivity contribution in [2.24, 2.45) is 0 Å². The Balaban J connectivity index is 1.20. The Bertz CT molecular complexity index is 2820. The Kier molecular flexibility index (Phi) is 6.51. The van der Waals surface area contributed by atoms with Gasteiger partial charge in [0.2, 0.25) is 0 Å². The van der Waals surface area contributed by atoms with E-state index < -0.39 is 0 Å². The van der Waals surface area contributed by atoms with Crippen LogP contribution < -0.4 is 0 Å². The number of fused-ring (bicyclic) bond motifs is 8. The first-order valence-corrected chi connectivity index (χ1v) is 18.2. The van der Waals surface area contributed by atoms with E-state index in [1.54, 1.807) is 0 Å². The van der Waals surface area contributed by atoms with Crippen LogP contribution >= 0.6 is 0 Å². The van der Waals surface area contributed by atoms with E-state index in [9.17, 15) is 0 Å². The molecule has 10 rings (SSSR count). The molecule has 2 aromatic heterocycles. The van der Waals surface area contributed by atoms with E-state index in [1.807, 2.05) is 36.4 Å². The zero-order chi connectivity index (χ0) is 32.3. The molecule has 3 nitrogen and oxygen atoms in total. The van der Waals surface area contributed by atoms with Gasteiger partial charge in [0.15, 0.2) is 0 Å². The summed E-state index contributed by atoms with van der Waals surface area (Å²) in [5.41, 5.74) is 5.46. The number of benzene rings is 8. The molecule has 0 N–H and O–H groups in total. The minimum absolute atomic E-state index is 0.147. The molecule has 228 valence electrons. The third-order valence-corrected chi connectivity index (χ3v) is 12.2. The summed E-state index contributed by atoms with van der Waals surface area (Å²) in [4.78, 5) is 15.1. The third kappa shape index (κ3) is 4.61. The monoisotopic (exact) mass is 689 g/mol. The van der Waals surface area contributed by atoms with Crippen molar-refractivity contribution in [3.8, 4) is 45.3 Å². The van der Waals surface area contributed by atoms with Gasteiger partial charge in [-0.05, 0) is 0 Å². The zero-order valence-corrected chi connectivity index (χ0v) is 28.1. The van der Waals surface area contributed by atoms with E-state index >= 15 is 0 Å². The fourth-order valence-electron chi connectivity index (χ4n) is 7.21. The quantitative estimate of drug-likeness (QED) is 0.136. The molecule has 0 saturated carbocycles. The molecule has 8 aromatic carbocycles. The molecule has 0 spiro atoms. The molecule has 0 aliphatic carbocycles. The molecular formula is C45H27N3Se. The molecule has 0 atom stereocenters. The molecule has 0 unspecified atom stereocenters. The van der Waals surface area contributed by atoms with Crippen molar-refractivity contribution in [1.82, 2.24) is 15.0 Å². The van der Waals surface area contributed by atoms with Gasteiger partial charge in [-0.15, -0.1) is 0 Å². The summed E-state index contributed by atoms with van der Waals surface area (Å²) >= 11 is 0.147. The van der Waals surface area contributed by atoms with Crippen LogP contribution in [-0.2, 0) is 0 Å². The molecular weight excluding hydrogens is 661 g/mol. The van der Waals surface area contributed by atoms with Crippen molar-refractivity contribution in [3.63, 3.8) is 0 Å². The first-order valence-electron chi connectivity index (χ1n) is 16.5. The first kappa shape index (κ1) is 28.1. The van der Waals surface area contributed by atoms with Crippen LogP contribution in [0.15, 0.2) is 164 Å². The van der Waals surface area contributed by atoms with Gasteiger partial charge in [-0.2, -0.15) is 0 Å². The van der Waals surface area contributed by atoms with Gasteiger partial charge in [0.1, 0.15) is 0 Å². The summed E-state index contributed by atoms with van der Waals surface area (Å²) in [6.07, 6.45) is 0. The topological polar surface area (TPSA) is 38.7 Å². The molecule has 2 heterocycles. The van der Waals surface area contributed by atoms with E-state index in [-0.39, 0.29) is 14.5 Å². The second kappa shape index (κ2) is 11.3. The van der Waals surface area contributed by atoms with Crippen LogP contribution in [0.3, 0.4) is 0 Å². The molecule has 0 saturated heterocycles. The molecule has 0 radical (unpaired) electrons. The number of rotatable bonds is 4. The molecule has 49 heavy (non-hydrogen) atoms. The van der Waals surface area contributed by atoms with Gasteiger partial charge < -0.3 is 0 Å². The van der Waals surface area contributed by atoms with Gasteiger partial charge >= 0.3 is 278 Å². The van der Waals surface area contributed by atoms with E-state index in [4.69, 9.17) is 15.0 Å². The van der Waals surface area contributed by atoms with Gasteiger partial charge in [0.25, 0.3) is 0 Å². The van der Waals surface area contributed by atoms with E-state index in [0.717, 1.165) is 22.1 Å². The van der Waals surface area contributed by atoms with Crippen LogP contribution in [0.25, 0.3) is 96.9 Å². The summed E-state index contributed by atoms with van der Waals surface area (Å²) in [5.74, 6) is 2.00. The Morgan fingerprint density at radius 3 is 1.57 bits per heavy atom. The second-order valence-electron chi connectivity index (χ2n) is 12.4. The predicted molar refractivity (Wildman–Crippen MR) is 206 cm³/mol. The molecule has 4 heteroatoms. The summed E-state index contributed by atoms with van der Waals surface area (Å²) in [6, 6.07) is 58.3. The maximum absolute atomic E-state index is 5.07. The van der Waals surface area contributed by atoms with Crippen LogP contribution in [0.4, 0.5) is 0 Å². The van der Waals surface area contributed by atoms with Gasteiger partial charge in [-0.25, -0.2) is 0 Å². The molecule has 0 aliphatic rings. The van der Waals surface area contributed by atoms with E-state index in [1.165, 1.54) is 57.4 Å². The number of nitrogens with zero attached hydrogens (tertiary/aromatic N) is 3. The van der Waals surface area contributed by atoms with Crippen molar-refractivity contribution in [2.75, 3.05) is 0 Å². The zero-order valence-electron chi connectivity index (χ0n) is 26.3. The average molecular weight is 689 g/mol. The average Bonchev–Trinajstić information content (AvgIpc) is 3.57. The van der Waals surface area contributed by atoms with Gasteiger partial charge in [0.05, 0.1) is 0 Å². The first-order chi connectivity index (χ1) is 24.3. The standard InChI is InChI=1S/C45H27N3Se/c1-3-13-30(14-4-1)43-46-44(31-15-5-2-6-16-31)48-45(47-43)39-27-26-35(33-18-9-10-19-34(33)39)36-20-11-21-37-38-25-24-29-23-22-28-12-7-8-17-32(28)40(29)42(38)49-41(36)37/h1-27H. The van der Waals surface area contributed by atoms with Crippen molar-refractivity contribution in [1.29, 1.82) is 0 Å². The van der Waals surface area contributed by atoms with Crippen LogP contribution in [-0.4, -0.2) is 29.5 Å². The Morgan fingerprint density at radius 2 is 0.837 bits per heavy atom. The Labute approximate surface area is 288 Å². The van der Waals surface area contributed by atoms with Crippen LogP contribution in [0.2, 0.25) is 0 Å². The van der Waals surface area contributed by atoms with E-state index in [0.29, 0.717) is 17.5 Å². The van der Waals surface area contributed by atoms with Crippen molar-refractivity contribution in [3.05, 3.63) is 164 Å². The molecule has 0 fully saturated rings. The van der Waals surface area contributed by atoms with Crippen molar-refractivity contribution in [2.45, 2.75) is 0 Å². The summed E-state index contributed by atoms with van der Waals surface area (Å²) in [5, 5.41) is 10.4. The summed E-state index contributed by atoms with van der Waals surface area (Å²) < 4.78 is 2.93. The SMILES string of the molecule is c1ccc(-c2nc(-c3ccccc3)nc(-c3ccc(-c4cccc5c4[se]c4c5ccc5ccc6ccccc6c54)c4ccccc34)n2)cc1. The van der Waals surface area contributed by atoms with E-state index in [2.05, 4.69) is 127 Å². The Morgan fingerprint density at radius 1 is 0.306 bits per heavy atom. The van der Waals surface area contributed by atoms with Crippen molar-refractivity contribution < 1.29 is 0 Å². The molecule has 0 bridgehead atoms. The number of hydrogen-bond acceptors (Lipinski definition) is 3. The number of aromatic nitrogens is 3. The minimum atomic E-state index is 0.147. The van der Waals surface area contributed by atoms with Gasteiger partial charge in [-0.3, -0.25) is 0 Å². The Hall–Kier alpha value is -5.93. The van der Waals surface area contributed by atoms with Crippen LogP contribution in [0.5, 0.6) is 0 Å². The number of hydrogen-bond donors (Lipinski definition) is 0. The second-order valence-corrected chi connectivity index (χ2v) is 14.5. The predicted octanol–water partition coefficient (Wildman–Crippen LogP) is 11.4. The summed E-state index contributed by atoms with van der Waals surface area (Å²) in [7, 11) is 0. The molecule has 10 aromatic rings. The van der Waals surface area contributed by atoms with Gasteiger partial charge in [0, 0.05) is 0 Å².